The maximum atomic E-state index is 6.70. The molecule has 59 heavy (non-hydrogen) atoms. The van der Waals surface area contributed by atoms with Crippen molar-refractivity contribution in [1.29, 1.82) is 0 Å². The average Bonchev–Trinajstić information content (AvgIpc) is 3.73. The number of hydrogen-bond acceptors (Lipinski definition) is 5. The van der Waals surface area contributed by atoms with Crippen molar-refractivity contribution in [2.45, 2.75) is 80.1 Å². The third kappa shape index (κ3) is 6.80. The van der Waals surface area contributed by atoms with Gasteiger partial charge in [0, 0.05) is 46.7 Å². The summed E-state index contributed by atoms with van der Waals surface area (Å²) in [4.78, 5) is 14.5. The quantitative estimate of drug-likeness (QED) is 0.168. The molecule has 0 amide bonds. The van der Waals surface area contributed by atoms with Gasteiger partial charge in [0.25, 0.3) is 0 Å². The molecule has 1 aliphatic heterocycles. The second kappa shape index (κ2) is 14.2. The van der Waals surface area contributed by atoms with Gasteiger partial charge in [-0.3, -0.25) is 4.57 Å². The zero-order chi connectivity index (χ0) is 41.4. The summed E-state index contributed by atoms with van der Waals surface area (Å²) < 4.78 is 8.95. The molecule has 8 aromatic rings. The van der Waals surface area contributed by atoms with Gasteiger partial charge in [-0.2, -0.15) is 0 Å². The van der Waals surface area contributed by atoms with Gasteiger partial charge in [-0.05, 0) is 150 Å². The van der Waals surface area contributed by atoms with E-state index in [1.807, 2.05) is 24.5 Å². The van der Waals surface area contributed by atoms with Crippen molar-refractivity contribution >= 4 is 44.7 Å². The highest BCUT2D eigenvalue weighted by Gasteiger charge is 2.31. The first-order valence-corrected chi connectivity index (χ1v) is 20.7. The van der Waals surface area contributed by atoms with Gasteiger partial charge in [-0.1, -0.05) is 77.9 Å². The number of hydrogen-bond donors (Lipinski definition) is 0. The van der Waals surface area contributed by atoms with Crippen molar-refractivity contribution in [2.75, 3.05) is 16.5 Å². The molecule has 0 aliphatic carbocycles. The molecule has 0 atom stereocenters. The molecule has 5 aromatic carbocycles. The molecule has 0 unspecified atom stereocenters. The summed E-state index contributed by atoms with van der Waals surface area (Å²) in [6.45, 7) is 23.2. The van der Waals surface area contributed by atoms with Gasteiger partial charge in [0.1, 0.15) is 24.0 Å². The Bertz CT molecular complexity index is 2880. The van der Waals surface area contributed by atoms with Crippen molar-refractivity contribution in [3.63, 3.8) is 0 Å². The summed E-state index contributed by atoms with van der Waals surface area (Å²) in [5.41, 5.74) is 15.9. The molecule has 0 N–H and O–H groups in total. The van der Waals surface area contributed by atoms with E-state index in [2.05, 4.69) is 187 Å². The van der Waals surface area contributed by atoms with Crippen LogP contribution in [0.2, 0.25) is 0 Å². The SMILES string of the molecule is Cc1cc(C(C)(C)C)cc(C)c1-c1cc(C)c(N2CN(c3cccc(Oc4ccc5c6ccccc6n(-c6cc(C(C)(C)C)ccn6)c5c4)c3)c3ncccc32)c(C)c1. The topological polar surface area (TPSA) is 46.4 Å². The van der Waals surface area contributed by atoms with Crippen LogP contribution in [0.4, 0.5) is 22.9 Å². The smallest absolute Gasteiger partial charge is 0.158 e. The Morgan fingerprint density at radius 3 is 1.97 bits per heavy atom. The van der Waals surface area contributed by atoms with Gasteiger partial charge in [-0.15, -0.1) is 0 Å². The lowest BCUT2D eigenvalue weighted by atomic mass is 9.82. The number of para-hydroxylation sites is 1. The predicted octanol–water partition coefficient (Wildman–Crippen LogP) is 14.1. The van der Waals surface area contributed by atoms with E-state index in [0.717, 1.165) is 50.9 Å². The van der Waals surface area contributed by atoms with E-state index in [-0.39, 0.29) is 10.8 Å². The molecule has 296 valence electrons. The maximum absolute atomic E-state index is 6.70. The van der Waals surface area contributed by atoms with Crippen molar-refractivity contribution in [1.82, 2.24) is 14.5 Å². The zero-order valence-electron chi connectivity index (χ0n) is 36.0. The van der Waals surface area contributed by atoms with Crippen LogP contribution in [0.15, 0.2) is 128 Å². The number of ether oxygens (including phenoxy) is 1. The maximum Gasteiger partial charge on any atom is 0.158 e. The summed E-state index contributed by atoms with van der Waals surface area (Å²) in [6.07, 6.45) is 3.80. The predicted molar refractivity (Wildman–Crippen MR) is 247 cm³/mol. The third-order valence-corrected chi connectivity index (χ3v) is 11.9. The Balaban J connectivity index is 1.04. The summed E-state index contributed by atoms with van der Waals surface area (Å²) in [7, 11) is 0. The van der Waals surface area contributed by atoms with Crippen molar-refractivity contribution < 1.29 is 4.74 Å². The van der Waals surface area contributed by atoms with Gasteiger partial charge in [-0.25, -0.2) is 9.97 Å². The number of aromatic nitrogens is 3. The van der Waals surface area contributed by atoms with E-state index in [9.17, 15) is 0 Å². The summed E-state index contributed by atoms with van der Waals surface area (Å²) >= 11 is 0. The fourth-order valence-corrected chi connectivity index (χ4v) is 8.98. The number of aryl methyl sites for hydroxylation is 4. The number of rotatable bonds is 6. The molecule has 4 heterocycles. The number of benzene rings is 5. The van der Waals surface area contributed by atoms with Crippen LogP contribution >= 0.6 is 0 Å². The van der Waals surface area contributed by atoms with E-state index < -0.39 is 0 Å². The van der Waals surface area contributed by atoms with E-state index in [1.54, 1.807) is 0 Å². The second-order valence-corrected chi connectivity index (χ2v) is 18.3. The standard InChI is InChI=1S/C53H53N5O/c1-33-27-39(53(8,9)10)28-34(2)49(33)37-25-35(3)50(36(4)26-37)57-32-56(51-46(57)19-14-23-55-51)40-15-13-16-41(30-40)59-42-20-21-44-43-17-11-12-18-45(43)58(47(44)31-42)48-29-38(22-24-54-48)52(5,6)7/h11-31H,32H2,1-10H3. The molecule has 0 radical (unpaired) electrons. The monoisotopic (exact) mass is 775 g/mol. The lowest BCUT2D eigenvalue weighted by Crippen LogP contribution is -2.25. The number of fused-ring (bicyclic) bond motifs is 4. The van der Waals surface area contributed by atoms with Crippen LogP contribution in [0, 0.1) is 27.7 Å². The van der Waals surface area contributed by atoms with E-state index in [1.165, 1.54) is 55.6 Å². The molecule has 0 saturated carbocycles. The van der Waals surface area contributed by atoms with Crippen molar-refractivity contribution in [2.24, 2.45) is 0 Å². The number of anilines is 4. The Morgan fingerprint density at radius 2 is 1.24 bits per heavy atom. The highest BCUT2D eigenvalue weighted by Crippen LogP contribution is 2.47. The first-order chi connectivity index (χ1) is 28.2. The van der Waals surface area contributed by atoms with Gasteiger partial charge in [0.15, 0.2) is 5.82 Å². The van der Waals surface area contributed by atoms with E-state index in [0.29, 0.717) is 6.67 Å². The molecule has 6 nitrogen and oxygen atoms in total. The first kappa shape index (κ1) is 38.1. The molecule has 0 saturated heterocycles. The summed E-state index contributed by atoms with van der Waals surface area (Å²) in [5.74, 6) is 3.34. The molecule has 0 fully saturated rings. The zero-order valence-corrected chi connectivity index (χ0v) is 36.0. The normalized spacial score (nSPS) is 13.1. The van der Waals surface area contributed by atoms with Crippen LogP contribution in [0.5, 0.6) is 11.5 Å². The minimum absolute atomic E-state index is 0.00178. The second-order valence-electron chi connectivity index (χ2n) is 18.3. The summed E-state index contributed by atoms with van der Waals surface area (Å²) in [6, 6.07) is 41.2. The molecule has 9 rings (SSSR count). The highest BCUT2D eigenvalue weighted by molar-refractivity contribution is 6.09. The van der Waals surface area contributed by atoms with E-state index >= 15 is 0 Å². The van der Waals surface area contributed by atoms with Crippen LogP contribution < -0.4 is 14.5 Å². The summed E-state index contributed by atoms with van der Waals surface area (Å²) in [5, 5.41) is 2.34. The minimum Gasteiger partial charge on any atom is -0.457 e. The minimum atomic E-state index is -0.00178. The first-order valence-electron chi connectivity index (χ1n) is 20.7. The van der Waals surface area contributed by atoms with Gasteiger partial charge in [0.2, 0.25) is 0 Å². The fourth-order valence-electron chi connectivity index (χ4n) is 8.98. The van der Waals surface area contributed by atoms with Crippen molar-refractivity contribution in [3.8, 4) is 28.4 Å². The largest absolute Gasteiger partial charge is 0.457 e. The van der Waals surface area contributed by atoms with Gasteiger partial charge in [0.05, 0.1) is 16.7 Å². The van der Waals surface area contributed by atoms with Crippen LogP contribution in [0.1, 0.15) is 74.9 Å². The Kier molecular flexibility index (Phi) is 9.15. The molecule has 0 spiro atoms. The lowest BCUT2D eigenvalue weighted by molar-refractivity contribution is 0.483. The number of nitrogens with zero attached hydrogens (tertiary/aromatic N) is 5. The molecule has 6 heteroatoms. The van der Waals surface area contributed by atoms with Crippen LogP contribution in [0.3, 0.4) is 0 Å². The molecular formula is C53H53N5O. The Morgan fingerprint density at radius 1 is 0.542 bits per heavy atom. The average molecular weight is 776 g/mol. The van der Waals surface area contributed by atoms with Crippen LogP contribution in [0.25, 0.3) is 38.8 Å². The molecule has 3 aromatic heterocycles. The molecule has 0 bridgehead atoms. The third-order valence-electron chi connectivity index (χ3n) is 11.9. The Labute approximate surface area is 348 Å². The number of pyridine rings is 2. The molecular weight excluding hydrogens is 723 g/mol. The van der Waals surface area contributed by atoms with Gasteiger partial charge < -0.3 is 14.5 Å². The Hall–Kier alpha value is -6.40. The van der Waals surface area contributed by atoms with Crippen LogP contribution in [-0.4, -0.2) is 21.2 Å². The fraction of sp³-hybridized carbons (Fsp3) is 0.245. The lowest BCUT2D eigenvalue weighted by Gasteiger charge is -2.26. The van der Waals surface area contributed by atoms with Crippen LogP contribution in [-0.2, 0) is 10.8 Å². The van der Waals surface area contributed by atoms with Crippen molar-refractivity contribution in [3.05, 3.63) is 161 Å². The van der Waals surface area contributed by atoms with Gasteiger partial charge >= 0.3 is 0 Å². The highest BCUT2D eigenvalue weighted by atomic mass is 16.5. The van der Waals surface area contributed by atoms with E-state index in [4.69, 9.17) is 14.7 Å². The molecule has 1 aliphatic rings.